The first kappa shape index (κ1) is 14.9. The predicted molar refractivity (Wildman–Crippen MR) is 74.7 cm³/mol. The van der Waals surface area contributed by atoms with Crippen LogP contribution in [-0.4, -0.2) is 27.2 Å². The van der Waals surface area contributed by atoms with Gasteiger partial charge in [-0.2, -0.15) is 8.78 Å². The summed E-state index contributed by atoms with van der Waals surface area (Å²) in [6.07, 6.45) is -4.31. The standard InChI is InChI=1S/C15H9F3N2O3/c16-9-3-6-11-12(7-9)20-13(19-11)8-1-4-10(5-2-8)23-15(17,18)14(21)22/h1-7H,(H,19,20)(H,21,22). The summed E-state index contributed by atoms with van der Waals surface area (Å²) in [5.41, 5.74) is 1.60. The van der Waals surface area contributed by atoms with Crippen LogP contribution in [0.25, 0.3) is 22.4 Å². The van der Waals surface area contributed by atoms with Gasteiger partial charge in [0.25, 0.3) is 0 Å². The smallest absolute Gasteiger partial charge is 0.474 e. The fraction of sp³-hybridized carbons (Fsp3) is 0.0667. The molecule has 0 atom stereocenters. The van der Waals surface area contributed by atoms with E-state index in [0.717, 1.165) is 0 Å². The third-order valence-corrected chi connectivity index (χ3v) is 3.07. The van der Waals surface area contributed by atoms with Gasteiger partial charge in [-0.1, -0.05) is 0 Å². The van der Waals surface area contributed by atoms with Crippen LogP contribution in [0.2, 0.25) is 0 Å². The van der Waals surface area contributed by atoms with E-state index in [1.165, 1.54) is 42.5 Å². The summed E-state index contributed by atoms with van der Waals surface area (Å²) in [4.78, 5) is 17.5. The molecule has 0 saturated heterocycles. The van der Waals surface area contributed by atoms with Gasteiger partial charge in [-0.05, 0) is 42.5 Å². The third kappa shape index (κ3) is 2.96. The van der Waals surface area contributed by atoms with Crippen LogP contribution in [0.4, 0.5) is 13.2 Å². The number of hydrogen-bond acceptors (Lipinski definition) is 3. The molecule has 0 aliphatic rings. The number of nitrogens with one attached hydrogen (secondary N) is 1. The maximum Gasteiger partial charge on any atom is 0.501 e. The summed E-state index contributed by atoms with van der Waals surface area (Å²) in [7, 11) is 0. The second kappa shape index (κ2) is 5.31. The number of ether oxygens (including phenoxy) is 1. The van der Waals surface area contributed by atoms with Gasteiger partial charge in [0.2, 0.25) is 0 Å². The van der Waals surface area contributed by atoms with E-state index < -0.39 is 17.9 Å². The zero-order valence-corrected chi connectivity index (χ0v) is 11.4. The Kier molecular flexibility index (Phi) is 3.44. The highest BCUT2D eigenvalue weighted by Gasteiger charge is 2.42. The Balaban J connectivity index is 1.87. The second-order valence-corrected chi connectivity index (χ2v) is 4.70. The number of aromatic nitrogens is 2. The topological polar surface area (TPSA) is 75.2 Å². The van der Waals surface area contributed by atoms with Gasteiger partial charge < -0.3 is 14.8 Å². The molecule has 2 N–H and O–H groups in total. The van der Waals surface area contributed by atoms with E-state index in [1.54, 1.807) is 0 Å². The summed E-state index contributed by atoms with van der Waals surface area (Å²) in [5.74, 6) is -2.67. The van der Waals surface area contributed by atoms with Gasteiger partial charge in [-0.25, -0.2) is 14.2 Å². The number of aromatic amines is 1. The van der Waals surface area contributed by atoms with Crippen molar-refractivity contribution in [2.24, 2.45) is 0 Å². The molecule has 0 bridgehead atoms. The lowest BCUT2D eigenvalue weighted by Crippen LogP contribution is -2.34. The summed E-state index contributed by atoms with van der Waals surface area (Å²) < 4.78 is 43.2. The fourth-order valence-electron chi connectivity index (χ4n) is 1.99. The van der Waals surface area contributed by atoms with Crippen LogP contribution in [0.3, 0.4) is 0 Å². The Hall–Kier alpha value is -3.03. The minimum absolute atomic E-state index is 0.302. The number of fused-ring (bicyclic) bond motifs is 1. The van der Waals surface area contributed by atoms with Crippen LogP contribution in [-0.2, 0) is 4.79 Å². The van der Waals surface area contributed by atoms with Crippen LogP contribution < -0.4 is 4.74 Å². The predicted octanol–water partition coefficient (Wildman–Crippen LogP) is 3.43. The first-order valence-corrected chi connectivity index (χ1v) is 6.41. The highest BCUT2D eigenvalue weighted by Crippen LogP contribution is 2.26. The van der Waals surface area contributed by atoms with E-state index in [2.05, 4.69) is 14.7 Å². The number of alkyl halides is 2. The van der Waals surface area contributed by atoms with E-state index >= 15 is 0 Å². The third-order valence-electron chi connectivity index (χ3n) is 3.07. The van der Waals surface area contributed by atoms with Crippen molar-refractivity contribution >= 4 is 17.0 Å². The summed E-state index contributed by atoms with van der Waals surface area (Å²) in [5, 5.41) is 8.32. The van der Waals surface area contributed by atoms with Crippen molar-refractivity contribution in [3.63, 3.8) is 0 Å². The molecule has 0 spiro atoms. The van der Waals surface area contributed by atoms with E-state index in [1.807, 2.05) is 0 Å². The number of halogens is 3. The minimum atomic E-state index is -4.31. The molecule has 0 unspecified atom stereocenters. The summed E-state index contributed by atoms with van der Waals surface area (Å²) in [6, 6.07) is 9.33. The minimum Gasteiger partial charge on any atom is -0.474 e. The lowest BCUT2D eigenvalue weighted by atomic mass is 10.2. The molecule has 1 heterocycles. The fourth-order valence-corrected chi connectivity index (χ4v) is 1.99. The number of H-pyrrole nitrogens is 1. The normalized spacial score (nSPS) is 11.6. The Bertz CT molecular complexity index is 875. The van der Waals surface area contributed by atoms with Gasteiger partial charge in [0.05, 0.1) is 11.0 Å². The average molecular weight is 322 g/mol. The Morgan fingerprint density at radius 3 is 2.52 bits per heavy atom. The van der Waals surface area contributed by atoms with Crippen molar-refractivity contribution < 1.29 is 27.8 Å². The molecule has 0 saturated carbocycles. The van der Waals surface area contributed by atoms with Gasteiger partial charge in [-0.3, -0.25) is 0 Å². The molecule has 0 radical (unpaired) electrons. The van der Waals surface area contributed by atoms with Crippen molar-refractivity contribution in [2.75, 3.05) is 0 Å². The first-order chi connectivity index (χ1) is 10.8. The Morgan fingerprint density at radius 2 is 1.87 bits per heavy atom. The van der Waals surface area contributed by atoms with Crippen molar-refractivity contribution in [3.8, 4) is 17.1 Å². The molecule has 3 aromatic rings. The number of carboxylic acids is 1. The van der Waals surface area contributed by atoms with Crippen molar-refractivity contribution in [2.45, 2.75) is 6.11 Å². The van der Waals surface area contributed by atoms with Crippen molar-refractivity contribution in [1.82, 2.24) is 9.97 Å². The molecule has 23 heavy (non-hydrogen) atoms. The molecule has 5 nitrogen and oxygen atoms in total. The largest absolute Gasteiger partial charge is 0.501 e. The number of benzene rings is 2. The Labute approximate surface area is 127 Å². The monoisotopic (exact) mass is 322 g/mol. The molecule has 0 aliphatic heterocycles. The maximum atomic E-state index is 13.1. The van der Waals surface area contributed by atoms with Gasteiger partial charge in [-0.15, -0.1) is 0 Å². The number of hydrogen-bond donors (Lipinski definition) is 2. The molecule has 1 aromatic heterocycles. The number of carboxylic acid groups (broad SMARTS) is 1. The molecule has 3 rings (SSSR count). The van der Waals surface area contributed by atoms with Crippen molar-refractivity contribution in [3.05, 3.63) is 48.3 Å². The van der Waals surface area contributed by atoms with Crippen LogP contribution >= 0.6 is 0 Å². The second-order valence-electron chi connectivity index (χ2n) is 4.70. The molecule has 2 aromatic carbocycles. The number of aliphatic carboxylic acids is 1. The summed E-state index contributed by atoms with van der Waals surface area (Å²) in [6.45, 7) is 0. The van der Waals surface area contributed by atoms with E-state index in [9.17, 15) is 18.0 Å². The van der Waals surface area contributed by atoms with Crippen LogP contribution in [0.1, 0.15) is 0 Å². The van der Waals surface area contributed by atoms with Gasteiger partial charge in [0.15, 0.2) is 0 Å². The number of imidazole rings is 1. The lowest BCUT2D eigenvalue weighted by Gasteiger charge is -2.13. The molecule has 0 amide bonds. The van der Waals surface area contributed by atoms with Crippen LogP contribution in [0.15, 0.2) is 42.5 Å². The quantitative estimate of drug-likeness (QED) is 0.772. The van der Waals surface area contributed by atoms with Crippen LogP contribution in [0.5, 0.6) is 5.75 Å². The van der Waals surface area contributed by atoms with Crippen LogP contribution in [0, 0.1) is 5.82 Å². The van der Waals surface area contributed by atoms with E-state index in [-0.39, 0.29) is 5.75 Å². The van der Waals surface area contributed by atoms with Gasteiger partial charge in [0.1, 0.15) is 17.4 Å². The molecule has 8 heteroatoms. The van der Waals surface area contributed by atoms with Crippen molar-refractivity contribution in [1.29, 1.82) is 0 Å². The van der Waals surface area contributed by atoms with Gasteiger partial charge >= 0.3 is 12.1 Å². The number of rotatable bonds is 4. The maximum absolute atomic E-state index is 13.1. The highest BCUT2D eigenvalue weighted by molar-refractivity contribution is 5.79. The molecular weight excluding hydrogens is 313 g/mol. The highest BCUT2D eigenvalue weighted by atomic mass is 19.3. The molecule has 118 valence electrons. The zero-order valence-electron chi connectivity index (χ0n) is 11.4. The SMILES string of the molecule is O=C(O)C(F)(F)Oc1ccc(-c2nc3ccc(F)cc3[nH]2)cc1. The number of carbonyl (C=O) groups is 1. The average Bonchev–Trinajstić information content (AvgIpc) is 2.90. The van der Waals surface area contributed by atoms with E-state index in [0.29, 0.717) is 22.4 Å². The summed E-state index contributed by atoms with van der Waals surface area (Å²) >= 11 is 0. The van der Waals surface area contributed by atoms with Gasteiger partial charge in [0, 0.05) is 5.56 Å². The molecule has 0 aliphatic carbocycles. The zero-order chi connectivity index (χ0) is 16.6. The lowest BCUT2D eigenvalue weighted by molar-refractivity contribution is -0.210. The molecule has 0 fully saturated rings. The number of nitrogens with zero attached hydrogens (tertiary/aromatic N) is 1. The first-order valence-electron chi connectivity index (χ1n) is 6.41. The van der Waals surface area contributed by atoms with E-state index in [4.69, 9.17) is 5.11 Å². The molecular formula is C15H9F3N2O3. The Morgan fingerprint density at radius 1 is 1.17 bits per heavy atom.